The molecule has 0 spiro atoms. The first-order chi connectivity index (χ1) is 10.6. The molecule has 0 aliphatic heterocycles. The molecular weight excluding hydrogens is 297 g/mol. The second-order valence-electron chi connectivity index (χ2n) is 4.30. The molecule has 0 radical (unpaired) electrons. The summed E-state index contributed by atoms with van der Waals surface area (Å²) in [5.41, 5.74) is 0.704. The summed E-state index contributed by atoms with van der Waals surface area (Å²) >= 11 is 0. The van der Waals surface area contributed by atoms with Crippen molar-refractivity contribution in [1.82, 2.24) is 10.2 Å². The molecule has 0 aliphatic rings. The number of benzene rings is 2. The number of alkyl halides is 2. The van der Waals surface area contributed by atoms with E-state index in [1.807, 2.05) is 0 Å². The average molecular weight is 306 g/mol. The van der Waals surface area contributed by atoms with Crippen LogP contribution in [-0.2, 0) is 0 Å². The van der Waals surface area contributed by atoms with Gasteiger partial charge in [-0.3, -0.25) is 0 Å². The van der Waals surface area contributed by atoms with Gasteiger partial charge < -0.3 is 9.15 Å². The van der Waals surface area contributed by atoms with E-state index in [1.165, 1.54) is 36.4 Å². The summed E-state index contributed by atoms with van der Waals surface area (Å²) in [6, 6.07) is 11.7. The number of hydrogen-bond acceptors (Lipinski definition) is 4. The SMILES string of the molecule is Fc1ccccc1-c1nnc(-c2ccc(OC(F)F)cc2)o1. The number of nitrogens with zero attached hydrogens (tertiary/aromatic N) is 2. The van der Waals surface area contributed by atoms with Crippen molar-refractivity contribution >= 4 is 0 Å². The maximum absolute atomic E-state index is 13.6. The molecule has 7 heteroatoms. The van der Waals surface area contributed by atoms with Gasteiger partial charge in [-0.25, -0.2) is 4.39 Å². The second-order valence-corrected chi connectivity index (χ2v) is 4.30. The minimum absolute atomic E-state index is 0.0209. The number of aromatic nitrogens is 2. The van der Waals surface area contributed by atoms with Crippen molar-refractivity contribution in [2.24, 2.45) is 0 Å². The topological polar surface area (TPSA) is 48.2 Å². The van der Waals surface area contributed by atoms with E-state index in [4.69, 9.17) is 4.42 Å². The van der Waals surface area contributed by atoms with Gasteiger partial charge in [0.25, 0.3) is 5.89 Å². The van der Waals surface area contributed by atoms with Gasteiger partial charge in [-0.15, -0.1) is 10.2 Å². The van der Waals surface area contributed by atoms with E-state index in [2.05, 4.69) is 14.9 Å². The van der Waals surface area contributed by atoms with Gasteiger partial charge in [-0.05, 0) is 36.4 Å². The van der Waals surface area contributed by atoms with E-state index in [0.717, 1.165) is 0 Å². The second kappa shape index (κ2) is 5.88. The zero-order valence-electron chi connectivity index (χ0n) is 11.0. The minimum atomic E-state index is -2.89. The predicted octanol–water partition coefficient (Wildman–Crippen LogP) is 4.14. The van der Waals surface area contributed by atoms with E-state index in [0.29, 0.717) is 5.56 Å². The van der Waals surface area contributed by atoms with Gasteiger partial charge >= 0.3 is 6.61 Å². The molecular formula is C15H9F3N2O2. The number of ether oxygens (including phenoxy) is 1. The summed E-state index contributed by atoms with van der Waals surface area (Å²) in [5, 5.41) is 7.61. The maximum Gasteiger partial charge on any atom is 0.387 e. The van der Waals surface area contributed by atoms with Crippen molar-refractivity contribution in [3.05, 3.63) is 54.3 Å². The molecule has 0 bridgehead atoms. The van der Waals surface area contributed by atoms with Crippen molar-refractivity contribution in [3.63, 3.8) is 0 Å². The van der Waals surface area contributed by atoms with Crippen LogP contribution < -0.4 is 4.74 Å². The Morgan fingerprint density at radius 2 is 1.59 bits per heavy atom. The van der Waals surface area contributed by atoms with Gasteiger partial charge in [-0.1, -0.05) is 12.1 Å². The molecule has 22 heavy (non-hydrogen) atoms. The van der Waals surface area contributed by atoms with Crippen LogP contribution in [0, 0.1) is 5.82 Å². The molecule has 1 aromatic heterocycles. The third-order valence-electron chi connectivity index (χ3n) is 2.86. The Hall–Kier alpha value is -2.83. The average Bonchev–Trinajstić information content (AvgIpc) is 2.97. The van der Waals surface area contributed by atoms with Crippen LogP contribution in [0.4, 0.5) is 13.2 Å². The summed E-state index contributed by atoms with van der Waals surface area (Å²) in [6.45, 7) is -2.89. The fourth-order valence-corrected chi connectivity index (χ4v) is 1.86. The van der Waals surface area contributed by atoms with Crippen LogP contribution in [0.15, 0.2) is 52.9 Å². The Labute approximate surface area is 123 Å². The highest BCUT2D eigenvalue weighted by atomic mass is 19.3. The van der Waals surface area contributed by atoms with Gasteiger partial charge in [0.15, 0.2) is 0 Å². The fraction of sp³-hybridized carbons (Fsp3) is 0.0667. The molecule has 0 N–H and O–H groups in total. The molecule has 0 amide bonds. The monoisotopic (exact) mass is 306 g/mol. The van der Waals surface area contributed by atoms with Crippen molar-refractivity contribution in [3.8, 4) is 28.7 Å². The molecule has 0 atom stereocenters. The van der Waals surface area contributed by atoms with E-state index in [1.54, 1.807) is 12.1 Å². The van der Waals surface area contributed by atoms with Gasteiger partial charge in [0.1, 0.15) is 11.6 Å². The first-order valence-electron chi connectivity index (χ1n) is 6.27. The smallest absolute Gasteiger partial charge is 0.387 e. The lowest BCUT2D eigenvalue weighted by Crippen LogP contribution is -2.01. The molecule has 0 fully saturated rings. The molecule has 3 rings (SSSR count). The van der Waals surface area contributed by atoms with E-state index >= 15 is 0 Å². The molecule has 0 aliphatic carbocycles. The lowest BCUT2D eigenvalue weighted by atomic mass is 10.2. The largest absolute Gasteiger partial charge is 0.435 e. The van der Waals surface area contributed by atoms with Crippen molar-refractivity contribution in [2.45, 2.75) is 6.61 Å². The van der Waals surface area contributed by atoms with Gasteiger partial charge in [0.05, 0.1) is 5.56 Å². The van der Waals surface area contributed by atoms with E-state index < -0.39 is 12.4 Å². The van der Waals surface area contributed by atoms with Crippen LogP contribution >= 0.6 is 0 Å². The van der Waals surface area contributed by atoms with Gasteiger partial charge in [0.2, 0.25) is 5.89 Å². The first-order valence-corrected chi connectivity index (χ1v) is 6.27. The highest BCUT2D eigenvalue weighted by molar-refractivity contribution is 5.58. The quantitative estimate of drug-likeness (QED) is 0.726. The lowest BCUT2D eigenvalue weighted by Gasteiger charge is -2.03. The summed E-state index contributed by atoms with van der Waals surface area (Å²) in [5.74, 6) is -0.256. The molecule has 0 saturated heterocycles. The summed E-state index contributed by atoms with van der Waals surface area (Å²) in [6.07, 6.45) is 0. The third-order valence-corrected chi connectivity index (χ3v) is 2.86. The molecule has 112 valence electrons. The van der Waals surface area contributed by atoms with Crippen LogP contribution in [0.5, 0.6) is 5.75 Å². The summed E-state index contributed by atoms with van der Waals surface area (Å²) in [4.78, 5) is 0. The molecule has 0 unspecified atom stereocenters. The Kier molecular flexibility index (Phi) is 3.78. The maximum atomic E-state index is 13.6. The Balaban J connectivity index is 1.86. The van der Waals surface area contributed by atoms with Crippen LogP contribution in [-0.4, -0.2) is 16.8 Å². The molecule has 0 saturated carbocycles. The molecule has 3 aromatic rings. The lowest BCUT2D eigenvalue weighted by molar-refractivity contribution is -0.0498. The number of halogens is 3. The van der Waals surface area contributed by atoms with Crippen molar-refractivity contribution in [2.75, 3.05) is 0 Å². The Bertz CT molecular complexity index is 772. The normalized spacial score (nSPS) is 10.9. The highest BCUT2D eigenvalue weighted by Crippen LogP contribution is 2.27. The zero-order valence-corrected chi connectivity index (χ0v) is 11.0. The third kappa shape index (κ3) is 2.93. The summed E-state index contributed by atoms with van der Waals surface area (Å²) < 4.78 is 47.4. The van der Waals surface area contributed by atoms with Crippen molar-refractivity contribution in [1.29, 1.82) is 0 Å². The summed E-state index contributed by atoms with van der Waals surface area (Å²) in [7, 11) is 0. The number of rotatable bonds is 4. The molecule has 4 nitrogen and oxygen atoms in total. The van der Waals surface area contributed by atoms with Gasteiger partial charge in [-0.2, -0.15) is 8.78 Å². The van der Waals surface area contributed by atoms with Crippen LogP contribution in [0.2, 0.25) is 0 Å². The Morgan fingerprint density at radius 1 is 0.909 bits per heavy atom. The van der Waals surface area contributed by atoms with Crippen LogP contribution in [0.25, 0.3) is 22.9 Å². The molecule has 2 aromatic carbocycles. The van der Waals surface area contributed by atoms with E-state index in [9.17, 15) is 13.2 Å². The standard InChI is InChI=1S/C15H9F3N2O2/c16-12-4-2-1-3-11(12)14-20-19-13(22-14)9-5-7-10(8-6-9)21-15(17)18/h1-8,15H. The zero-order chi connectivity index (χ0) is 15.5. The van der Waals surface area contributed by atoms with Gasteiger partial charge in [0, 0.05) is 5.56 Å². The highest BCUT2D eigenvalue weighted by Gasteiger charge is 2.14. The number of hydrogen-bond donors (Lipinski definition) is 0. The molecule has 1 heterocycles. The fourth-order valence-electron chi connectivity index (χ4n) is 1.86. The van der Waals surface area contributed by atoms with Crippen LogP contribution in [0.1, 0.15) is 0 Å². The first kappa shape index (κ1) is 14.1. The Morgan fingerprint density at radius 3 is 2.27 bits per heavy atom. The van der Waals surface area contributed by atoms with Crippen molar-refractivity contribution < 1.29 is 22.3 Å². The predicted molar refractivity (Wildman–Crippen MR) is 71.8 cm³/mol. The van der Waals surface area contributed by atoms with E-state index in [-0.39, 0.29) is 23.1 Å². The minimum Gasteiger partial charge on any atom is -0.435 e. The van der Waals surface area contributed by atoms with Crippen LogP contribution in [0.3, 0.4) is 0 Å².